The van der Waals surface area contributed by atoms with Crippen LogP contribution in [0.25, 0.3) is 0 Å². The summed E-state index contributed by atoms with van der Waals surface area (Å²) >= 11 is 1.61. The lowest BCUT2D eigenvalue weighted by atomic mass is 10.0. The molecule has 2 aromatic heterocycles. The summed E-state index contributed by atoms with van der Waals surface area (Å²) in [7, 11) is 0. The van der Waals surface area contributed by atoms with Crippen LogP contribution in [0.3, 0.4) is 0 Å². The molecule has 0 fully saturated rings. The Labute approximate surface area is 93.0 Å². The molecule has 0 N–H and O–H groups in total. The average Bonchev–Trinajstić information content (AvgIpc) is 2.62. The monoisotopic (exact) mass is 213 g/mol. The summed E-state index contributed by atoms with van der Waals surface area (Å²) in [4.78, 5) is 8.35. The SMILES string of the molecule is Cc1nc(C#Cc2cncc([11CH3])c2)cs1. The zero-order valence-corrected chi connectivity index (χ0v) is 9.43. The van der Waals surface area contributed by atoms with E-state index in [0.29, 0.717) is 0 Å². The van der Waals surface area contributed by atoms with Crippen molar-refractivity contribution in [3.05, 3.63) is 45.7 Å². The first kappa shape index (κ1) is 9.88. The van der Waals surface area contributed by atoms with Crippen LogP contribution in [0, 0.1) is 25.7 Å². The zero-order valence-electron chi connectivity index (χ0n) is 8.61. The highest BCUT2D eigenvalue weighted by Crippen LogP contribution is 2.06. The third kappa shape index (κ3) is 2.64. The van der Waals surface area contributed by atoms with E-state index in [0.717, 1.165) is 21.8 Å². The molecule has 0 aliphatic rings. The third-order valence-corrected chi connectivity index (χ3v) is 2.60. The molecule has 0 bridgehead atoms. The van der Waals surface area contributed by atoms with Crippen LogP contribution in [0.15, 0.2) is 23.8 Å². The maximum atomic E-state index is 4.27. The van der Waals surface area contributed by atoms with Crippen molar-refractivity contribution in [2.75, 3.05) is 0 Å². The highest BCUT2D eigenvalue weighted by atomic mass is 32.1. The Hall–Kier alpha value is -1.66. The van der Waals surface area contributed by atoms with Crippen molar-refractivity contribution in [3.8, 4) is 11.8 Å². The van der Waals surface area contributed by atoms with Gasteiger partial charge in [-0.15, -0.1) is 11.3 Å². The normalized spacial score (nSPS) is 9.47. The van der Waals surface area contributed by atoms with Gasteiger partial charge in [0, 0.05) is 23.3 Å². The summed E-state index contributed by atoms with van der Waals surface area (Å²) in [6.07, 6.45) is 3.58. The topological polar surface area (TPSA) is 25.8 Å². The number of nitrogens with zero attached hydrogens (tertiary/aromatic N) is 2. The molecular formula is C12H10N2S. The fourth-order valence-corrected chi connectivity index (χ4v) is 1.73. The van der Waals surface area contributed by atoms with Crippen LogP contribution in [0.4, 0.5) is 0 Å². The minimum absolute atomic E-state index is 0.832. The number of pyridine rings is 1. The van der Waals surface area contributed by atoms with Crippen molar-refractivity contribution in [2.45, 2.75) is 13.8 Å². The van der Waals surface area contributed by atoms with E-state index in [-0.39, 0.29) is 0 Å². The lowest BCUT2D eigenvalue weighted by Crippen LogP contribution is -1.81. The molecule has 0 atom stereocenters. The highest BCUT2D eigenvalue weighted by Gasteiger charge is 1.92. The van der Waals surface area contributed by atoms with Gasteiger partial charge in [0.05, 0.1) is 5.01 Å². The smallest absolute Gasteiger partial charge is 0.124 e. The van der Waals surface area contributed by atoms with Gasteiger partial charge in [-0.25, -0.2) is 4.98 Å². The van der Waals surface area contributed by atoms with Crippen LogP contribution >= 0.6 is 11.3 Å². The maximum absolute atomic E-state index is 4.27. The molecule has 0 aromatic carbocycles. The van der Waals surface area contributed by atoms with E-state index in [4.69, 9.17) is 0 Å². The molecule has 0 spiro atoms. The van der Waals surface area contributed by atoms with E-state index in [1.54, 1.807) is 17.5 Å². The van der Waals surface area contributed by atoms with Crippen LogP contribution in [-0.4, -0.2) is 9.97 Å². The van der Waals surface area contributed by atoms with Crippen molar-refractivity contribution in [2.24, 2.45) is 0 Å². The molecule has 3 heteroatoms. The Balaban J connectivity index is 2.25. The van der Waals surface area contributed by atoms with Gasteiger partial charge in [0.15, 0.2) is 0 Å². The lowest BCUT2D eigenvalue weighted by molar-refractivity contribution is 1.25. The molecule has 0 aliphatic carbocycles. The van der Waals surface area contributed by atoms with Crippen LogP contribution in [0.1, 0.15) is 21.8 Å². The molecule has 0 amide bonds. The van der Waals surface area contributed by atoms with Crippen molar-refractivity contribution < 1.29 is 0 Å². The van der Waals surface area contributed by atoms with Gasteiger partial charge in [-0.05, 0) is 31.4 Å². The van der Waals surface area contributed by atoms with Gasteiger partial charge in [-0.3, -0.25) is 4.98 Å². The summed E-state index contributed by atoms with van der Waals surface area (Å²) in [6.45, 7) is 3.98. The molecule has 2 aromatic rings. The van der Waals surface area contributed by atoms with Gasteiger partial charge in [-0.2, -0.15) is 0 Å². The van der Waals surface area contributed by atoms with Gasteiger partial charge in [-0.1, -0.05) is 5.92 Å². The first-order valence-corrected chi connectivity index (χ1v) is 5.48. The van der Waals surface area contributed by atoms with E-state index < -0.39 is 0 Å². The molecular weight excluding hydrogens is 203 g/mol. The summed E-state index contributed by atoms with van der Waals surface area (Å²) in [5.41, 5.74) is 2.89. The molecule has 2 nitrogen and oxygen atoms in total. The second-order valence-electron chi connectivity index (χ2n) is 3.25. The summed E-state index contributed by atoms with van der Waals surface area (Å²) in [5, 5.41) is 3.01. The molecule has 0 aliphatic heterocycles. The molecule has 0 unspecified atom stereocenters. The van der Waals surface area contributed by atoms with Crippen LogP contribution in [-0.2, 0) is 0 Å². The van der Waals surface area contributed by atoms with Gasteiger partial charge in [0.1, 0.15) is 5.69 Å². The van der Waals surface area contributed by atoms with Gasteiger partial charge < -0.3 is 0 Å². The van der Waals surface area contributed by atoms with Gasteiger partial charge in [0.2, 0.25) is 0 Å². The quantitative estimate of drug-likeness (QED) is 0.628. The third-order valence-electron chi connectivity index (χ3n) is 1.83. The predicted octanol–water partition coefficient (Wildman–Crippen LogP) is 2.55. The first-order valence-electron chi connectivity index (χ1n) is 4.60. The molecule has 0 saturated carbocycles. The molecule has 15 heavy (non-hydrogen) atoms. The summed E-state index contributed by atoms with van der Waals surface area (Å²) in [5.74, 6) is 6.07. The zero-order chi connectivity index (χ0) is 10.7. The lowest BCUT2D eigenvalue weighted by Gasteiger charge is -1.90. The second-order valence-corrected chi connectivity index (χ2v) is 4.31. The molecule has 0 saturated heterocycles. The Morgan fingerprint density at radius 1 is 1.20 bits per heavy atom. The van der Waals surface area contributed by atoms with Crippen LogP contribution in [0.5, 0.6) is 0 Å². The summed E-state index contributed by atoms with van der Waals surface area (Å²) in [6, 6.07) is 2.01. The second kappa shape index (κ2) is 4.24. The summed E-state index contributed by atoms with van der Waals surface area (Å²) < 4.78 is 0. The minimum Gasteiger partial charge on any atom is -0.263 e. The van der Waals surface area contributed by atoms with E-state index >= 15 is 0 Å². The van der Waals surface area contributed by atoms with Gasteiger partial charge in [0.25, 0.3) is 0 Å². The van der Waals surface area contributed by atoms with Gasteiger partial charge >= 0.3 is 0 Å². The Kier molecular flexibility index (Phi) is 2.79. The molecule has 2 rings (SSSR count). The van der Waals surface area contributed by atoms with Crippen LogP contribution < -0.4 is 0 Å². The molecule has 0 radical (unpaired) electrons. The number of rotatable bonds is 0. The Bertz CT molecular complexity index is 532. The van der Waals surface area contributed by atoms with E-state index in [1.807, 2.05) is 31.5 Å². The number of hydrogen-bond donors (Lipinski definition) is 0. The van der Waals surface area contributed by atoms with E-state index in [1.165, 1.54) is 0 Å². The maximum Gasteiger partial charge on any atom is 0.124 e. The number of thiazole rings is 1. The number of aryl methyl sites for hydroxylation is 2. The average molecular weight is 213 g/mol. The largest absolute Gasteiger partial charge is 0.263 e. The van der Waals surface area contributed by atoms with Crippen molar-refractivity contribution in [3.63, 3.8) is 0 Å². The highest BCUT2D eigenvalue weighted by molar-refractivity contribution is 7.09. The van der Waals surface area contributed by atoms with Crippen molar-refractivity contribution >= 4 is 11.3 Å². The number of hydrogen-bond acceptors (Lipinski definition) is 3. The first-order chi connectivity index (χ1) is 7.24. The fraction of sp³-hybridized carbons (Fsp3) is 0.167. The Morgan fingerprint density at radius 2 is 2.07 bits per heavy atom. The van der Waals surface area contributed by atoms with Crippen molar-refractivity contribution in [1.82, 2.24) is 9.97 Å². The number of aromatic nitrogens is 2. The standard InChI is InChI=1S/C12H10N2S/c1-9-5-11(7-13-6-9)3-4-12-8-15-10(2)14-12/h5-8H,1-2H3/i1-1. The van der Waals surface area contributed by atoms with Crippen LogP contribution in [0.2, 0.25) is 0 Å². The fourth-order valence-electron chi connectivity index (χ4n) is 1.18. The molecule has 74 valence electrons. The predicted molar refractivity (Wildman–Crippen MR) is 61.8 cm³/mol. The van der Waals surface area contributed by atoms with E-state index in [9.17, 15) is 0 Å². The minimum atomic E-state index is 0.832. The Morgan fingerprint density at radius 3 is 2.73 bits per heavy atom. The van der Waals surface area contributed by atoms with Crippen molar-refractivity contribution in [1.29, 1.82) is 0 Å². The van der Waals surface area contributed by atoms with E-state index in [2.05, 4.69) is 21.8 Å². The molecule has 2 heterocycles.